The van der Waals surface area contributed by atoms with E-state index in [1.165, 1.54) is 24.2 Å². The SMILES string of the molecule is CCN(CC)CCCC(C)NC(=NC)NCCc1c(C)nn(C)c1C.I. The molecule has 1 heterocycles. The predicted octanol–water partition coefficient (Wildman–Crippen LogP) is 2.87. The van der Waals surface area contributed by atoms with Crippen molar-refractivity contribution in [3.63, 3.8) is 0 Å². The van der Waals surface area contributed by atoms with E-state index in [0.717, 1.165) is 44.1 Å². The lowest BCUT2D eigenvalue weighted by molar-refractivity contribution is 0.292. The van der Waals surface area contributed by atoms with Crippen LogP contribution in [0.5, 0.6) is 0 Å². The minimum Gasteiger partial charge on any atom is -0.356 e. The Morgan fingerprint density at radius 2 is 1.92 bits per heavy atom. The molecule has 0 spiro atoms. The number of halogens is 1. The summed E-state index contributed by atoms with van der Waals surface area (Å²) in [6.45, 7) is 15.2. The van der Waals surface area contributed by atoms with Gasteiger partial charge in [-0.15, -0.1) is 24.0 Å². The van der Waals surface area contributed by atoms with E-state index in [0.29, 0.717) is 6.04 Å². The molecule has 0 aliphatic carbocycles. The fourth-order valence-electron chi connectivity index (χ4n) is 3.15. The number of nitrogens with one attached hydrogen (secondary N) is 2. The molecule has 26 heavy (non-hydrogen) atoms. The van der Waals surface area contributed by atoms with Crippen LogP contribution >= 0.6 is 24.0 Å². The van der Waals surface area contributed by atoms with Gasteiger partial charge in [-0.2, -0.15) is 5.10 Å². The lowest BCUT2D eigenvalue weighted by Crippen LogP contribution is -2.43. The molecule has 2 N–H and O–H groups in total. The molecule has 1 aromatic heterocycles. The molecule has 0 aliphatic rings. The van der Waals surface area contributed by atoms with E-state index in [4.69, 9.17) is 0 Å². The van der Waals surface area contributed by atoms with Crippen molar-refractivity contribution in [2.45, 2.75) is 59.9 Å². The van der Waals surface area contributed by atoms with Crippen LogP contribution in [0.2, 0.25) is 0 Å². The fourth-order valence-corrected chi connectivity index (χ4v) is 3.15. The zero-order valence-corrected chi connectivity index (χ0v) is 20.1. The number of aryl methyl sites for hydroxylation is 2. The largest absolute Gasteiger partial charge is 0.356 e. The summed E-state index contributed by atoms with van der Waals surface area (Å²) in [6.07, 6.45) is 3.32. The van der Waals surface area contributed by atoms with E-state index < -0.39 is 0 Å². The van der Waals surface area contributed by atoms with Crippen molar-refractivity contribution >= 4 is 29.9 Å². The summed E-state index contributed by atoms with van der Waals surface area (Å²) in [6, 6.07) is 0.420. The molecule has 0 saturated heterocycles. The quantitative estimate of drug-likeness (QED) is 0.309. The number of rotatable bonds is 10. The summed E-state index contributed by atoms with van der Waals surface area (Å²) >= 11 is 0. The van der Waals surface area contributed by atoms with Crippen molar-refractivity contribution in [3.8, 4) is 0 Å². The molecule has 0 saturated carbocycles. The second kappa shape index (κ2) is 13.4. The molecule has 1 rings (SSSR count). The van der Waals surface area contributed by atoms with Crippen LogP contribution in [0.4, 0.5) is 0 Å². The normalized spacial score (nSPS) is 12.8. The number of hydrogen-bond donors (Lipinski definition) is 2. The molecule has 7 heteroatoms. The van der Waals surface area contributed by atoms with Crippen molar-refractivity contribution in [3.05, 3.63) is 17.0 Å². The van der Waals surface area contributed by atoms with E-state index in [-0.39, 0.29) is 24.0 Å². The van der Waals surface area contributed by atoms with Gasteiger partial charge >= 0.3 is 0 Å². The highest BCUT2D eigenvalue weighted by molar-refractivity contribution is 14.0. The average Bonchev–Trinajstić information content (AvgIpc) is 2.83. The van der Waals surface area contributed by atoms with Crippen LogP contribution in [-0.4, -0.2) is 59.9 Å². The molecule has 0 amide bonds. The van der Waals surface area contributed by atoms with Gasteiger partial charge in [0.1, 0.15) is 0 Å². The van der Waals surface area contributed by atoms with Crippen molar-refractivity contribution in [1.29, 1.82) is 0 Å². The van der Waals surface area contributed by atoms with Gasteiger partial charge in [0.05, 0.1) is 5.69 Å². The minimum absolute atomic E-state index is 0. The number of aromatic nitrogens is 2. The van der Waals surface area contributed by atoms with Gasteiger partial charge in [0.25, 0.3) is 0 Å². The topological polar surface area (TPSA) is 57.5 Å². The average molecular weight is 478 g/mol. The lowest BCUT2D eigenvalue weighted by atomic mass is 10.1. The maximum Gasteiger partial charge on any atom is 0.191 e. The first kappa shape index (κ1) is 25.2. The Morgan fingerprint density at radius 1 is 1.27 bits per heavy atom. The molecular formula is C19H39IN6. The highest BCUT2D eigenvalue weighted by Crippen LogP contribution is 2.11. The van der Waals surface area contributed by atoms with Gasteiger partial charge in [0.2, 0.25) is 0 Å². The van der Waals surface area contributed by atoms with E-state index in [1.807, 2.05) is 18.8 Å². The molecule has 1 unspecified atom stereocenters. The summed E-state index contributed by atoms with van der Waals surface area (Å²) < 4.78 is 1.95. The molecule has 0 fully saturated rings. The highest BCUT2D eigenvalue weighted by Gasteiger charge is 2.10. The molecule has 0 aromatic carbocycles. The molecule has 6 nitrogen and oxygen atoms in total. The predicted molar refractivity (Wildman–Crippen MR) is 123 cm³/mol. The first-order chi connectivity index (χ1) is 11.9. The Hall–Kier alpha value is -0.830. The third-order valence-electron chi connectivity index (χ3n) is 4.94. The Balaban J connectivity index is 0.00000625. The molecule has 1 atom stereocenters. The minimum atomic E-state index is 0. The zero-order valence-electron chi connectivity index (χ0n) is 17.7. The maximum absolute atomic E-state index is 4.48. The molecule has 1 aromatic rings. The smallest absolute Gasteiger partial charge is 0.191 e. The molecule has 0 radical (unpaired) electrons. The Morgan fingerprint density at radius 3 is 2.42 bits per heavy atom. The summed E-state index contributed by atoms with van der Waals surface area (Å²) in [5, 5.41) is 11.4. The van der Waals surface area contributed by atoms with Crippen LogP contribution in [0, 0.1) is 13.8 Å². The number of hydrogen-bond acceptors (Lipinski definition) is 3. The third kappa shape index (κ3) is 8.24. The van der Waals surface area contributed by atoms with Gasteiger partial charge in [-0.3, -0.25) is 9.67 Å². The van der Waals surface area contributed by atoms with Crippen molar-refractivity contribution in [2.24, 2.45) is 12.0 Å². The second-order valence-corrected chi connectivity index (χ2v) is 6.74. The molecule has 152 valence electrons. The maximum atomic E-state index is 4.48. The standard InChI is InChI=1S/C19H38N6.HI/c1-8-25(9-2)14-10-11-15(3)22-19(20-6)21-13-12-18-16(4)23-24(7)17(18)5;/h15H,8-14H2,1-7H3,(H2,20,21,22);1H. The number of guanidine groups is 1. The van der Waals surface area contributed by atoms with E-state index in [1.54, 1.807) is 0 Å². The van der Waals surface area contributed by atoms with Crippen molar-refractivity contribution in [1.82, 2.24) is 25.3 Å². The molecule has 0 aliphatic heterocycles. The van der Waals surface area contributed by atoms with Crippen molar-refractivity contribution < 1.29 is 0 Å². The fraction of sp³-hybridized carbons (Fsp3) is 0.789. The molecular weight excluding hydrogens is 439 g/mol. The summed E-state index contributed by atoms with van der Waals surface area (Å²) in [4.78, 5) is 6.82. The van der Waals surface area contributed by atoms with Crippen LogP contribution in [-0.2, 0) is 13.5 Å². The summed E-state index contributed by atoms with van der Waals surface area (Å²) in [5.74, 6) is 0.884. The van der Waals surface area contributed by atoms with Gasteiger partial charge in [0.15, 0.2) is 5.96 Å². The Kier molecular flexibility index (Phi) is 12.9. The van der Waals surface area contributed by atoms with Gasteiger partial charge in [-0.05, 0) is 65.2 Å². The summed E-state index contributed by atoms with van der Waals surface area (Å²) in [5.41, 5.74) is 3.69. The third-order valence-corrected chi connectivity index (χ3v) is 4.94. The van der Waals surface area contributed by atoms with Gasteiger partial charge < -0.3 is 15.5 Å². The van der Waals surface area contributed by atoms with Crippen LogP contribution in [0.25, 0.3) is 0 Å². The van der Waals surface area contributed by atoms with E-state index >= 15 is 0 Å². The monoisotopic (exact) mass is 478 g/mol. The van der Waals surface area contributed by atoms with Crippen LogP contribution < -0.4 is 10.6 Å². The Labute approximate surface area is 177 Å². The van der Waals surface area contributed by atoms with Gasteiger partial charge in [-0.25, -0.2) is 0 Å². The van der Waals surface area contributed by atoms with E-state index in [9.17, 15) is 0 Å². The molecule has 0 bridgehead atoms. The van der Waals surface area contributed by atoms with E-state index in [2.05, 4.69) is 60.2 Å². The van der Waals surface area contributed by atoms with Crippen molar-refractivity contribution in [2.75, 3.05) is 33.2 Å². The number of nitrogens with zero attached hydrogens (tertiary/aromatic N) is 4. The highest BCUT2D eigenvalue weighted by atomic mass is 127. The van der Waals surface area contributed by atoms with Crippen LogP contribution in [0.1, 0.15) is 50.6 Å². The van der Waals surface area contributed by atoms with Gasteiger partial charge in [0, 0.05) is 32.4 Å². The van der Waals surface area contributed by atoms with Gasteiger partial charge in [-0.1, -0.05) is 13.8 Å². The number of aliphatic imine (C=N–C) groups is 1. The van der Waals surface area contributed by atoms with Crippen LogP contribution in [0.3, 0.4) is 0 Å². The summed E-state index contributed by atoms with van der Waals surface area (Å²) in [7, 11) is 3.83. The zero-order chi connectivity index (χ0) is 18.8. The Bertz CT molecular complexity index is 536. The first-order valence-corrected chi connectivity index (χ1v) is 9.61. The lowest BCUT2D eigenvalue weighted by Gasteiger charge is -2.21. The first-order valence-electron chi connectivity index (χ1n) is 9.61. The van der Waals surface area contributed by atoms with Crippen LogP contribution in [0.15, 0.2) is 4.99 Å². The second-order valence-electron chi connectivity index (χ2n) is 6.74.